The highest BCUT2D eigenvalue weighted by atomic mass is 35.7. The summed E-state index contributed by atoms with van der Waals surface area (Å²) in [5, 5.41) is 0.686. The standard InChI is InChI=1S/C10H10Cl2O2S/c11-10-6-4-9(5-7-10)3-1-2-8-15(12,13)14/h1-2,4-7H,3,8H2/b2-1-. The molecule has 1 aromatic rings. The van der Waals surface area contributed by atoms with Crippen LogP contribution in [-0.2, 0) is 15.5 Å². The first-order valence-corrected chi connectivity index (χ1v) is 7.15. The third-order valence-electron chi connectivity index (χ3n) is 1.73. The Bertz CT molecular complexity index is 435. The van der Waals surface area contributed by atoms with Crippen molar-refractivity contribution in [3.63, 3.8) is 0 Å². The molecule has 15 heavy (non-hydrogen) atoms. The molecule has 0 heterocycles. The summed E-state index contributed by atoms with van der Waals surface area (Å²) in [6.45, 7) is 0. The molecule has 0 N–H and O–H groups in total. The van der Waals surface area contributed by atoms with Crippen LogP contribution in [-0.4, -0.2) is 14.2 Å². The van der Waals surface area contributed by atoms with Gasteiger partial charge in [0.1, 0.15) is 0 Å². The van der Waals surface area contributed by atoms with Gasteiger partial charge < -0.3 is 0 Å². The SMILES string of the molecule is O=S(=O)(Cl)C/C=C\Cc1ccc(Cl)cc1. The minimum absolute atomic E-state index is 0.137. The first-order chi connectivity index (χ1) is 6.97. The molecule has 0 unspecified atom stereocenters. The van der Waals surface area contributed by atoms with Crippen molar-refractivity contribution in [1.82, 2.24) is 0 Å². The van der Waals surface area contributed by atoms with Crippen LogP contribution in [0.25, 0.3) is 0 Å². The van der Waals surface area contributed by atoms with Crippen LogP contribution in [0.2, 0.25) is 5.02 Å². The van der Waals surface area contributed by atoms with Crippen LogP contribution in [0.4, 0.5) is 0 Å². The van der Waals surface area contributed by atoms with E-state index < -0.39 is 9.05 Å². The molecule has 0 aliphatic rings. The second-order valence-electron chi connectivity index (χ2n) is 3.01. The first-order valence-electron chi connectivity index (χ1n) is 4.29. The van der Waals surface area contributed by atoms with Gasteiger partial charge in [0, 0.05) is 15.7 Å². The fourth-order valence-electron chi connectivity index (χ4n) is 1.02. The minimum Gasteiger partial charge on any atom is -0.212 e. The lowest BCUT2D eigenvalue weighted by Crippen LogP contribution is -1.92. The maximum atomic E-state index is 10.6. The summed E-state index contributed by atoms with van der Waals surface area (Å²) >= 11 is 5.72. The number of hydrogen-bond donors (Lipinski definition) is 0. The Morgan fingerprint density at radius 1 is 1.13 bits per heavy atom. The van der Waals surface area contributed by atoms with Crippen LogP contribution in [0.15, 0.2) is 36.4 Å². The minimum atomic E-state index is -3.42. The van der Waals surface area contributed by atoms with Gasteiger partial charge in [0.15, 0.2) is 0 Å². The van der Waals surface area contributed by atoms with Gasteiger partial charge in [0.05, 0.1) is 5.75 Å². The Morgan fingerprint density at radius 2 is 1.73 bits per heavy atom. The van der Waals surface area contributed by atoms with Crippen molar-refractivity contribution in [3.8, 4) is 0 Å². The summed E-state index contributed by atoms with van der Waals surface area (Å²) in [5.41, 5.74) is 1.07. The van der Waals surface area contributed by atoms with E-state index in [0.717, 1.165) is 5.56 Å². The van der Waals surface area contributed by atoms with E-state index in [4.69, 9.17) is 22.3 Å². The lowest BCUT2D eigenvalue weighted by molar-refractivity contribution is 0.612. The Morgan fingerprint density at radius 3 is 2.27 bits per heavy atom. The number of hydrogen-bond acceptors (Lipinski definition) is 2. The molecule has 1 rings (SSSR count). The molecule has 0 saturated heterocycles. The van der Waals surface area contributed by atoms with Crippen molar-refractivity contribution in [1.29, 1.82) is 0 Å². The van der Waals surface area contributed by atoms with Crippen molar-refractivity contribution in [2.75, 3.05) is 5.75 Å². The first kappa shape index (κ1) is 12.6. The fraction of sp³-hybridized carbons (Fsp3) is 0.200. The van der Waals surface area contributed by atoms with Crippen molar-refractivity contribution < 1.29 is 8.42 Å². The topological polar surface area (TPSA) is 34.1 Å². The van der Waals surface area contributed by atoms with E-state index in [0.29, 0.717) is 11.4 Å². The Hall–Kier alpha value is -0.510. The van der Waals surface area contributed by atoms with E-state index in [-0.39, 0.29) is 5.75 Å². The van der Waals surface area contributed by atoms with E-state index in [1.807, 2.05) is 12.1 Å². The largest absolute Gasteiger partial charge is 0.236 e. The average molecular weight is 265 g/mol. The van der Waals surface area contributed by atoms with Gasteiger partial charge >= 0.3 is 0 Å². The van der Waals surface area contributed by atoms with Crippen LogP contribution in [0.3, 0.4) is 0 Å². The van der Waals surface area contributed by atoms with Crippen LogP contribution < -0.4 is 0 Å². The highest BCUT2D eigenvalue weighted by Crippen LogP contribution is 2.10. The molecule has 0 aliphatic heterocycles. The zero-order valence-electron chi connectivity index (χ0n) is 7.86. The van der Waals surface area contributed by atoms with E-state index >= 15 is 0 Å². The zero-order valence-corrected chi connectivity index (χ0v) is 10.2. The lowest BCUT2D eigenvalue weighted by atomic mass is 10.1. The van der Waals surface area contributed by atoms with Crippen LogP contribution in [0, 0.1) is 0 Å². The molecular weight excluding hydrogens is 255 g/mol. The number of rotatable bonds is 4. The van der Waals surface area contributed by atoms with Gasteiger partial charge in [-0.25, -0.2) is 8.42 Å². The normalized spacial score (nSPS) is 12.1. The summed E-state index contributed by atoms with van der Waals surface area (Å²) in [6.07, 6.45) is 3.98. The number of benzene rings is 1. The van der Waals surface area contributed by atoms with Gasteiger partial charge in [-0.15, -0.1) is 0 Å². The Balaban J connectivity index is 2.47. The zero-order chi connectivity index (χ0) is 11.3. The third-order valence-corrected chi connectivity index (χ3v) is 2.95. The second kappa shape index (κ2) is 5.54. The van der Waals surface area contributed by atoms with E-state index in [9.17, 15) is 8.42 Å². The van der Waals surface area contributed by atoms with E-state index in [1.165, 1.54) is 6.08 Å². The van der Waals surface area contributed by atoms with Crippen molar-refractivity contribution in [2.45, 2.75) is 6.42 Å². The van der Waals surface area contributed by atoms with Gasteiger partial charge in [-0.1, -0.05) is 35.9 Å². The monoisotopic (exact) mass is 264 g/mol. The molecule has 0 amide bonds. The van der Waals surface area contributed by atoms with Gasteiger partial charge in [-0.3, -0.25) is 0 Å². The molecule has 82 valence electrons. The number of halogens is 2. The van der Waals surface area contributed by atoms with Crippen LogP contribution >= 0.6 is 22.3 Å². The predicted octanol–water partition coefficient (Wildman–Crippen LogP) is 3.01. The summed E-state index contributed by atoms with van der Waals surface area (Å²) in [7, 11) is 1.62. The van der Waals surface area contributed by atoms with E-state index in [1.54, 1.807) is 18.2 Å². The van der Waals surface area contributed by atoms with Gasteiger partial charge in [-0.2, -0.15) is 0 Å². The van der Waals surface area contributed by atoms with Crippen molar-refractivity contribution in [3.05, 3.63) is 47.0 Å². The Kier molecular flexibility index (Phi) is 4.64. The molecular formula is C10H10Cl2O2S. The molecule has 5 heteroatoms. The number of allylic oxidation sites excluding steroid dienone is 1. The van der Waals surface area contributed by atoms with Gasteiger partial charge in [0.2, 0.25) is 9.05 Å². The van der Waals surface area contributed by atoms with Gasteiger partial charge in [-0.05, 0) is 24.1 Å². The third kappa shape index (κ3) is 5.82. The molecule has 0 aromatic heterocycles. The summed E-state index contributed by atoms with van der Waals surface area (Å²) < 4.78 is 21.2. The molecule has 0 saturated carbocycles. The quantitative estimate of drug-likeness (QED) is 0.619. The smallest absolute Gasteiger partial charge is 0.212 e. The van der Waals surface area contributed by atoms with Crippen molar-refractivity contribution >= 4 is 31.3 Å². The van der Waals surface area contributed by atoms with E-state index in [2.05, 4.69) is 0 Å². The van der Waals surface area contributed by atoms with Crippen molar-refractivity contribution in [2.24, 2.45) is 0 Å². The van der Waals surface area contributed by atoms with Gasteiger partial charge in [0.25, 0.3) is 0 Å². The Labute approximate surface area is 98.9 Å². The van der Waals surface area contributed by atoms with Crippen LogP contribution in [0.1, 0.15) is 5.56 Å². The maximum absolute atomic E-state index is 10.6. The molecule has 0 aliphatic carbocycles. The molecule has 1 aromatic carbocycles. The predicted molar refractivity (Wildman–Crippen MR) is 63.9 cm³/mol. The fourth-order valence-corrected chi connectivity index (χ4v) is 1.73. The average Bonchev–Trinajstić information content (AvgIpc) is 2.14. The summed E-state index contributed by atoms with van der Waals surface area (Å²) in [4.78, 5) is 0. The molecule has 0 atom stereocenters. The lowest BCUT2D eigenvalue weighted by Gasteiger charge is -1.95. The molecule has 0 fully saturated rings. The molecule has 0 bridgehead atoms. The molecule has 0 radical (unpaired) electrons. The highest BCUT2D eigenvalue weighted by Gasteiger charge is 1.99. The maximum Gasteiger partial charge on any atom is 0.236 e. The molecule has 2 nitrogen and oxygen atoms in total. The highest BCUT2D eigenvalue weighted by molar-refractivity contribution is 8.13. The van der Waals surface area contributed by atoms with Crippen LogP contribution in [0.5, 0.6) is 0 Å². The second-order valence-corrected chi connectivity index (χ2v) is 6.27. The molecule has 0 spiro atoms. The summed E-state index contributed by atoms with van der Waals surface area (Å²) in [6, 6.07) is 7.37. The summed E-state index contributed by atoms with van der Waals surface area (Å²) in [5.74, 6) is -0.137.